The number of methoxy groups -OCH3 is 1. The van der Waals surface area contributed by atoms with Gasteiger partial charge in [-0.25, -0.2) is 0 Å². The normalized spacial score (nSPS) is 22.2. The summed E-state index contributed by atoms with van der Waals surface area (Å²) in [4.78, 5) is 15.4. The van der Waals surface area contributed by atoms with Crippen molar-refractivity contribution in [3.63, 3.8) is 0 Å². The molecule has 1 fully saturated rings. The number of amides is 1. The summed E-state index contributed by atoms with van der Waals surface area (Å²) in [6, 6.07) is 15.9. The lowest BCUT2D eigenvalue weighted by molar-refractivity contribution is -0.124. The van der Waals surface area contributed by atoms with E-state index >= 15 is 0 Å². The van der Waals surface area contributed by atoms with E-state index in [-0.39, 0.29) is 12.1 Å². The number of phenols is 1. The van der Waals surface area contributed by atoms with Crippen molar-refractivity contribution in [1.82, 2.24) is 10.2 Å². The van der Waals surface area contributed by atoms with Crippen LogP contribution in [0.25, 0.3) is 0 Å². The van der Waals surface area contributed by atoms with Gasteiger partial charge in [0.25, 0.3) is 0 Å². The number of ether oxygens (including phenoxy) is 1. The molecule has 2 aromatic rings. The number of likely N-dealkylation sites (tertiary alicyclic amines) is 1. The topological polar surface area (TPSA) is 61.8 Å². The third-order valence-electron chi connectivity index (χ3n) is 7.11. The van der Waals surface area contributed by atoms with Gasteiger partial charge in [0.2, 0.25) is 5.91 Å². The maximum absolute atomic E-state index is 12.9. The molecule has 33 heavy (non-hydrogen) atoms. The molecule has 0 radical (unpaired) electrons. The first kappa shape index (κ1) is 25.1. The van der Waals surface area contributed by atoms with E-state index in [4.69, 9.17) is 4.74 Å². The summed E-state index contributed by atoms with van der Waals surface area (Å²) < 4.78 is 5.30. The Balaban J connectivity index is 1.64. The Bertz CT molecular complexity index is 914. The molecule has 0 aromatic heterocycles. The lowest BCUT2D eigenvalue weighted by Crippen LogP contribution is -2.57. The summed E-state index contributed by atoms with van der Waals surface area (Å²) in [5.74, 6) is 2.56. The predicted octanol–water partition coefficient (Wildman–Crippen LogP) is 5.34. The van der Waals surface area contributed by atoms with Gasteiger partial charge in [-0.15, -0.1) is 0 Å². The van der Waals surface area contributed by atoms with Gasteiger partial charge in [-0.3, -0.25) is 9.69 Å². The standard InChI is InChI=1S/C28H40N2O3/c1-19(2)16-27(29-28(32)13-12-22-8-6-11-25(17-22)33-5)30-15-14-26(20(3)21(30)4)23-9-7-10-24(31)18-23/h6-11,17-21,26-27,31H,12-16H2,1-5H3,(H,29,32)/t20-,21-,26+,27?/m0/s1. The molecule has 1 aliphatic heterocycles. The van der Waals surface area contributed by atoms with E-state index < -0.39 is 0 Å². The minimum Gasteiger partial charge on any atom is -0.508 e. The molecule has 0 aliphatic carbocycles. The number of aryl methyl sites for hydroxylation is 1. The lowest BCUT2D eigenvalue weighted by Gasteiger charge is -2.47. The van der Waals surface area contributed by atoms with Crippen LogP contribution >= 0.6 is 0 Å². The summed E-state index contributed by atoms with van der Waals surface area (Å²) in [6.45, 7) is 9.92. The van der Waals surface area contributed by atoms with Gasteiger partial charge in [0, 0.05) is 19.0 Å². The van der Waals surface area contributed by atoms with Crippen LogP contribution in [0.3, 0.4) is 0 Å². The lowest BCUT2D eigenvalue weighted by atomic mass is 9.77. The van der Waals surface area contributed by atoms with Crippen LogP contribution in [0.2, 0.25) is 0 Å². The molecule has 3 rings (SSSR count). The van der Waals surface area contributed by atoms with Crippen molar-refractivity contribution in [2.45, 2.75) is 71.5 Å². The first-order chi connectivity index (χ1) is 15.8. The molecule has 5 nitrogen and oxygen atoms in total. The van der Waals surface area contributed by atoms with Crippen molar-refractivity contribution in [1.29, 1.82) is 0 Å². The number of carbonyl (C=O) groups excluding carboxylic acids is 1. The number of carbonyl (C=O) groups is 1. The third-order valence-corrected chi connectivity index (χ3v) is 7.11. The summed E-state index contributed by atoms with van der Waals surface area (Å²) in [6.07, 6.45) is 3.14. The van der Waals surface area contributed by atoms with E-state index in [1.165, 1.54) is 5.56 Å². The number of aromatic hydroxyl groups is 1. The average Bonchev–Trinajstić information content (AvgIpc) is 2.79. The molecule has 0 spiro atoms. The number of piperidine rings is 1. The number of benzene rings is 2. The molecule has 1 aliphatic rings. The van der Waals surface area contributed by atoms with Crippen molar-refractivity contribution in [3.05, 3.63) is 59.7 Å². The van der Waals surface area contributed by atoms with Crippen LogP contribution < -0.4 is 10.1 Å². The molecular formula is C28H40N2O3. The zero-order valence-electron chi connectivity index (χ0n) is 20.8. The Morgan fingerprint density at radius 3 is 2.64 bits per heavy atom. The number of nitrogens with zero attached hydrogens (tertiary/aromatic N) is 1. The molecule has 5 heteroatoms. The minimum absolute atomic E-state index is 0.0328. The van der Waals surface area contributed by atoms with Crippen molar-refractivity contribution in [2.75, 3.05) is 13.7 Å². The zero-order chi connectivity index (χ0) is 24.0. The number of phenolic OH excluding ortho intramolecular Hbond substituents is 1. The Kier molecular flexibility index (Phi) is 8.79. The van der Waals surface area contributed by atoms with E-state index in [0.717, 1.165) is 30.7 Å². The zero-order valence-corrected chi connectivity index (χ0v) is 20.8. The van der Waals surface area contributed by atoms with Crippen molar-refractivity contribution >= 4 is 5.91 Å². The monoisotopic (exact) mass is 452 g/mol. The Hall–Kier alpha value is -2.53. The number of hydrogen-bond donors (Lipinski definition) is 2. The van der Waals surface area contributed by atoms with Gasteiger partial charge >= 0.3 is 0 Å². The van der Waals surface area contributed by atoms with Gasteiger partial charge in [-0.1, -0.05) is 45.0 Å². The highest BCUT2D eigenvalue weighted by atomic mass is 16.5. The van der Waals surface area contributed by atoms with E-state index in [9.17, 15) is 9.90 Å². The molecule has 180 valence electrons. The quantitative estimate of drug-likeness (QED) is 0.539. The average molecular weight is 453 g/mol. The molecule has 1 unspecified atom stereocenters. The van der Waals surface area contributed by atoms with Gasteiger partial charge in [-0.05, 0) is 79.3 Å². The van der Waals surface area contributed by atoms with Crippen LogP contribution in [0.1, 0.15) is 64.0 Å². The Morgan fingerprint density at radius 2 is 1.94 bits per heavy atom. The molecule has 1 amide bonds. The largest absolute Gasteiger partial charge is 0.508 e. The Morgan fingerprint density at radius 1 is 1.18 bits per heavy atom. The van der Waals surface area contributed by atoms with E-state index in [1.807, 2.05) is 36.4 Å². The molecule has 0 saturated carbocycles. The van der Waals surface area contributed by atoms with E-state index in [2.05, 4.69) is 44.0 Å². The maximum atomic E-state index is 12.9. The van der Waals surface area contributed by atoms with E-state index in [1.54, 1.807) is 13.2 Å². The highest BCUT2D eigenvalue weighted by Gasteiger charge is 2.37. The fourth-order valence-corrected chi connectivity index (χ4v) is 5.13. The second-order valence-corrected chi connectivity index (χ2v) is 9.89. The van der Waals surface area contributed by atoms with Gasteiger partial charge in [-0.2, -0.15) is 0 Å². The summed E-state index contributed by atoms with van der Waals surface area (Å²) >= 11 is 0. The second kappa shape index (κ2) is 11.6. The molecule has 0 bridgehead atoms. The SMILES string of the molecule is COc1cccc(CCC(=O)NC(CC(C)C)N2CC[C@@H](c3cccc(O)c3)[C@@H](C)[C@@H]2C)c1. The predicted molar refractivity (Wildman–Crippen MR) is 133 cm³/mol. The van der Waals surface area contributed by atoms with Crippen LogP contribution in [-0.4, -0.2) is 41.8 Å². The summed E-state index contributed by atoms with van der Waals surface area (Å²) in [5, 5.41) is 13.3. The third kappa shape index (κ3) is 6.73. The van der Waals surface area contributed by atoms with Gasteiger partial charge in [0.05, 0.1) is 13.3 Å². The van der Waals surface area contributed by atoms with Gasteiger partial charge < -0.3 is 15.2 Å². The van der Waals surface area contributed by atoms with Crippen LogP contribution in [0.5, 0.6) is 11.5 Å². The fourth-order valence-electron chi connectivity index (χ4n) is 5.13. The van der Waals surface area contributed by atoms with Crippen LogP contribution in [0.4, 0.5) is 0 Å². The molecule has 1 saturated heterocycles. The summed E-state index contributed by atoms with van der Waals surface area (Å²) in [7, 11) is 1.66. The van der Waals surface area contributed by atoms with Crippen LogP contribution in [0.15, 0.2) is 48.5 Å². The number of rotatable bonds is 9. The number of hydrogen-bond acceptors (Lipinski definition) is 4. The van der Waals surface area contributed by atoms with Gasteiger partial charge in [0.1, 0.15) is 11.5 Å². The van der Waals surface area contributed by atoms with Gasteiger partial charge in [0.15, 0.2) is 0 Å². The first-order valence-electron chi connectivity index (χ1n) is 12.3. The minimum atomic E-state index is 0.0328. The number of nitrogens with one attached hydrogen (secondary N) is 1. The Labute approximate surface area is 199 Å². The highest BCUT2D eigenvalue weighted by Crippen LogP contribution is 2.38. The second-order valence-electron chi connectivity index (χ2n) is 9.89. The molecular weight excluding hydrogens is 412 g/mol. The smallest absolute Gasteiger partial charge is 0.221 e. The van der Waals surface area contributed by atoms with Crippen molar-refractivity contribution < 1.29 is 14.6 Å². The fraction of sp³-hybridized carbons (Fsp3) is 0.536. The highest BCUT2D eigenvalue weighted by molar-refractivity contribution is 5.76. The van der Waals surface area contributed by atoms with Crippen LogP contribution in [-0.2, 0) is 11.2 Å². The molecule has 1 heterocycles. The molecule has 2 N–H and O–H groups in total. The van der Waals surface area contributed by atoms with Crippen molar-refractivity contribution in [2.24, 2.45) is 11.8 Å². The summed E-state index contributed by atoms with van der Waals surface area (Å²) in [5.41, 5.74) is 2.32. The van der Waals surface area contributed by atoms with Crippen LogP contribution in [0, 0.1) is 11.8 Å². The maximum Gasteiger partial charge on any atom is 0.221 e. The molecule has 4 atom stereocenters. The van der Waals surface area contributed by atoms with Crippen molar-refractivity contribution in [3.8, 4) is 11.5 Å². The first-order valence-corrected chi connectivity index (χ1v) is 12.3. The molecule has 2 aromatic carbocycles. The van der Waals surface area contributed by atoms with E-state index in [0.29, 0.717) is 42.4 Å².